The lowest BCUT2D eigenvalue weighted by Crippen LogP contribution is -2.22. The highest BCUT2D eigenvalue weighted by Gasteiger charge is 2.30. The van der Waals surface area contributed by atoms with Crippen LogP contribution in [0.1, 0.15) is 27.6 Å². The molecular formula is C17H16O4. The molecule has 0 aromatic heterocycles. The molecule has 1 heterocycles. The molecule has 0 saturated carbocycles. The van der Waals surface area contributed by atoms with E-state index in [9.17, 15) is 4.79 Å². The Bertz CT molecular complexity index is 661. The summed E-state index contributed by atoms with van der Waals surface area (Å²) < 4.78 is 15.9. The fraction of sp³-hybridized carbons (Fsp3) is 0.235. The normalized spacial score (nSPS) is 16.9. The minimum atomic E-state index is -0.338. The van der Waals surface area contributed by atoms with E-state index in [-0.39, 0.29) is 12.1 Å². The molecule has 0 saturated heterocycles. The van der Waals surface area contributed by atoms with E-state index in [4.69, 9.17) is 14.2 Å². The van der Waals surface area contributed by atoms with E-state index in [1.165, 1.54) is 0 Å². The number of fused-ring (bicyclic) bond motifs is 1. The van der Waals surface area contributed by atoms with E-state index in [0.717, 1.165) is 16.9 Å². The average molecular weight is 284 g/mol. The van der Waals surface area contributed by atoms with Crippen LogP contribution in [0.25, 0.3) is 0 Å². The molecule has 4 nitrogen and oxygen atoms in total. The van der Waals surface area contributed by atoms with E-state index >= 15 is 0 Å². The zero-order valence-electron chi connectivity index (χ0n) is 12.0. The summed E-state index contributed by atoms with van der Waals surface area (Å²) in [6, 6.07) is 13.2. The summed E-state index contributed by atoms with van der Waals surface area (Å²) >= 11 is 0. The Labute approximate surface area is 123 Å². The Kier molecular flexibility index (Phi) is 3.52. The van der Waals surface area contributed by atoms with Gasteiger partial charge in [0.05, 0.1) is 14.2 Å². The first-order chi connectivity index (χ1) is 10.2. The SMILES string of the molecule is COc1ccc([C@H]2Cc3cccc(OC)c3C(=O)O2)cc1. The van der Waals surface area contributed by atoms with E-state index in [1.807, 2.05) is 36.4 Å². The lowest BCUT2D eigenvalue weighted by Gasteiger charge is -2.26. The van der Waals surface area contributed by atoms with Crippen molar-refractivity contribution in [2.24, 2.45) is 0 Å². The van der Waals surface area contributed by atoms with Crippen molar-refractivity contribution in [2.75, 3.05) is 14.2 Å². The van der Waals surface area contributed by atoms with Gasteiger partial charge in [0.25, 0.3) is 0 Å². The molecule has 0 bridgehead atoms. The Morgan fingerprint density at radius 2 is 1.81 bits per heavy atom. The lowest BCUT2D eigenvalue weighted by molar-refractivity contribution is 0.0248. The van der Waals surface area contributed by atoms with Crippen molar-refractivity contribution in [3.63, 3.8) is 0 Å². The van der Waals surface area contributed by atoms with Crippen LogP contribution in [0.2, 0.25) is 0 Å². The van der Waals surface area contributed by atoms with Crippen LogP contribution in [0.3, 0.4) is 0 Å². The van der Waals surface area contributed by atoms with Crippen LogP contribution in [-0.2, 0) is 11.2 Å². The molecule has 108 valence electrons. The third-order valence-electron chi connectivity index (χ3n) is 3.68. The van der Waals surface area contributed by atoms with E-state index < -0.39 is 0 Å². The van der Waals surface area contributed by atoms with E-state index in [0.29, 0.717) is 17.7 Å². The molecule has 0 amide bonds. The second-order valence-electron chi connectivity index (χ2n) is 4.87. The Morgan fingerprint density at radius 3 is 2.48 bits per heavy atom. The summed E-state index contributed by atoms with van der Waals surface area (Å²) in [4.78, 5) is 12.2. The van der Waals surface area contributed by atoms with Crippen LogP contribution in [0.5, 0.6) is 11.5 Å². The second kappa shape index (κ2) is 5.48. The molecule has 2 aromatic carbocycles. The number of carbonyl (C=O) groups excluding carboxylic acids is 1. The van der Waals surface area contributed by atoms with Gasteiger partial charge in [-0.2, -0.15) is 0 Å². The fourth-order valence-electron chi connectivity index (χ4n) is 2.58. The van der Waals surface area contributed by atoms with E-state index in [1.54, 1.807) is 20.3 Å². The highest BCUT2D eigenvalue weighted by Crippen LogP contribution is 2.35. The number of methoxy groups -OCH3 is 2. The molecule has 3 rings (SSSR count). The van der Waals surface area contributed by atoms with Crippen LogP contribution >= 0.6 is 0 Å². The molecule has 1 aliphatic heterocycles. The van der Waals surface area contributed by atoms with Crippen LogP contribution in [0, 0.1) is 0 Å². The molecule has 0 unspecified atom stereocenters. The number of ether oxygens (including phenoxy) is 3. The van der Waals surface area contributed by atoms with Crippen molar-refractivity contribution < 1.29 is 19.0 Å². The summed E-state index contributed by atoms with van der Waals surface area (Å²) in [6.45, 7) is 0. The molecule has 1 aliphatic rings. The largest absolute Gasteiger partial charge is 0.497 e. The minimum Gasteiger partial charge on any atom is -0.497 e. The van der Waals surface area contributed by atoms with Gasteiger partial charge >= 0.3 is 5.97 Å². The van der Waals surface area contributed by atoms with Gasteiger partial charge in [-0.1, -0.05) is 24.3 Å². The molecule has 0 aliphatic carbocycles. The molecule has 1 atom stereocenters. The van der Waals surface area contributed by atoms with Crippen molar-refractivity contribution in [3.8, 4) is 11.5 Å². The lowest BCUT2D eigenvalue weighted by atomic mass is 9.94. The molecule has 0 fully saturated rings. The van der Waals surface area contributed by atoms with Crippen LogP contribution < -0.4 is 9.47 Å². The van der Waals surface area contributed by atoms with Crippen LogP contribution in [-0.4, -0.2) is 20.2 Å². The zero-order valence-corrected chi connectivity index (χ0v) is 12.0. The van der Waals surface area contributed by atoms with Gasteiger partial charge in [0.2, 0.25) is 0 Å². The quantitative estimate of drug-likeness (QED) is 0.812. The first-order valence-electron chi connectivity index (χ1n) is 6.73. The van der Waals surface area contributed by atoms with Gasteiger partial charge in [-0.3, -0.25) is 0 Å². The van der Waals surface area contributed by atoms with E-state index in [2.05, 4.69) is 0 Å². The number of benzene rings is 2. The first-order valence-corrected chi connectivity index (χ1v) is 6.73. The van der Waals surface area contributed by atoms with Gasteiger partial charge in [-0.05, 0) is 29.3 Å². The maximum Gasteiger partial charge on any atom is 0.342 e. The number of esters is 1. The standard InChI is InChI=1S/C17H16O4/c1-19-13-8-6-11(7-9-13)15-10-12-4-3-5-14(20-2)16(12)17(18)21-15/h3-9,15H,10H2,1-2H3/t15-/m1/s1. The third kappa shape index (κ3) is 2.44. The van der Waals surface area contributed by atoms with Gasteiger partial charge in [0.1, 0.15) is 23.2 Å². The maximum absolute atomic E-state index is 12.2. The summed E-state index contributed by atoms with van der Waals surface area (Å²) in [6.07, 6.45) is 0.368. The summed E-state index contributed by atoms with van der Waals surface area (Å²) in [5.41, 5.74) is 2.44. The molecule has 21 heavy (non-hydrogen) atoms. The van der Waals surface area contributed by atoms with Crippen molar-refractivity contribution in [2.45, 2.75) is 12.5 Å². The zero-order chi connectivity index (χ0) is 14.8. The Balaban J connectivity index is 1.92. The number of rotatable bonds is 3. The minimum absolute atomic E-state index is 0.275. The monoisotopic (exact) mass is 284 g/mol. The smallest absolute Gasteiger partial charge is 0.342 e. The van der Waals surface area contributed by atoms with Crippen molar-refractivity contribution >= 4 is 5.97 Å². The van der Waals surface area contributed by atoms with Gasteiger partial charge < -0.3 is 14.2 Å². The molecular weight excluding hydrogens is 268 g/mol. The van der Waals surface area contributed by atoms with Gasteiger partial charge in [-0.15, -0.1) is 0 Å². The fourth-order valence-corrected chi connectivity index (χ4v) is 2.58. The number of carbonyl (C=O) groups is 1. The van der Waals surface area contributed by atoms with Gasteiger partial charge in [0, 0.05) is 6.42 Å². The number of hydrogen-bond acceptors (Lipinski definition) is 4. The molecule has 2 aromatic rings. The van der Waals surface area contributed by atoms with Gasteiger partial charge in [0.15, 0.2) is 0 Å². The van der Waals surface area contributed by atoms with Crippen molar-refractivity contribution in [1.29, 1.82) is 0 Å². The van der Waals surface area contributed by atoms with Gasteiger partial charge in [-0.25, -0.2) is 4.79 Å². The van der Waals surface area contributed by atoms with Crippen molar-refractivity contribution in [1.82, 2.24) is 0 Å². The summed E-state index contributed by atoms with van der Waals surface area (Å²) in [7, 11) is 3.18. The first kappa shape index (κ1) is 13.5. The number of hydrogen-bond donors (Lipinski definition) is 0. The Morgan fingerprint density at radius 1 is 1.05 bits per heavy atom. The topological polar surface area (TPSA) is 44.8 Å². The average Bonchev–Trinajstić information content (AvgIpc) is 2.54. The molecule has 0 spiro atoms. The third-order valence-corrected chi connectivity index (χ3v) is 3.68. The molecule has 0 radical (unpaired) electrons. The van der Waals surface area contributed by atoms with Crippen LogP contribution in [0.15, 0.2) is 42.5 Å². The highest BCUT2D eigenvalue weighted by molar-refractivity contribution is 5.95. The predicted octanol–water partition coefficient (Wildman–Crippen LogP) is 3.16. The number of cyclic esters (lactones) is 1. The molecule has 4 heteroatoms. The summed E-state index contributed by atoms with van der Waals surface area (Å²) in [5.74, 6) is 1.00. The maximum atomic E-state index is 12.2. The van der Waals surface area contributed by atoms with Crippen molar-refractivity contribution in [3.05, 3.63) is 59.2 Å². The molecule has 0 N–H and O–H groups in total. The highest BCUT2D eigenvalue weighted by atomic mass is 16.5. The Hall–Kier alpha value is -2.49. The predicted molar refractivity (Wildman–Crippen MR) is 77.8 cm³/mol. The summed E-state index contributed by atoms with van der Waals surface area (Å²) in [5, 5.41) is 0. The van der Waals surface area contributed by atoms with Crippen LogP contribution in [0.4, 0.5) is 0 Å². The second-order valence-corrected chi connectivity index (χ2v) is 4.87.